The van der Waals surface area contributed by atoms with E-state index in [1.165, 1.54) is 0 Å². The molecule has 12 heavy (non-hydrogen) atoms. The third kappa shape index (κ3) is 2.76. The van der Waals surface area contributed by atoms with Gasteiger partial charge in [0.25, 0.3) is 0 Å². The molecule has 0 saturated heterocycles. The molecule has 0 radical (unpaired) electrons. The van der Waals surface area contributed by atoms with E-state index in [1.54, 1.807) is 0 Å². The maximum Gasteiger partial charge on any atom is 0.0627 e. The summed E-state index contributed by atoms with van der Waals surface area (Å²) < 4.78 is 5.94. The van der Waals surface area contributed by atoms with Gasteiger partial charge < -0.3 is 10.5 Å². The second-order valence-corrected chi connectivity index (χ2v) is 4.43. The van der Waals surface area contributed by atoms with Gasteiger partial charge in [0.1, 0.15) is 0 Å². The van der Waals surface area contributed by atoms with E-state index in [-0.39, 0.29) is 5.60 Å². The average Bonchev–Trinajstić information content (AvgIpc) is 2.35. The van der Waals surface area contributed by atoms with Crippen LogP contribution < -0.4 is 5.73 Å². The van der Waals surface area contributed by atoms with E-state index in [1.807, 2.05) is 0 Å². The number of hydrogen-bond acceptors (Lipinski definition) is 2. The maximum atomic E-state index is 5.94. The molecule has 2 N–H and O–H groups in total. The van der Waals surface area contributed by atoms with E-state index in [2.05, 4.69) is 20.8 Å². The van der Waals surface area contributed by atoms with Gasteiger partial charge in [0.05, 0.1) is 11.7 Å². The molecule has 1 aliphatic carbocycles. The highest BCUT2D eigenvalue weighted by atomic mass is 16.5. The molecule has 2 atom stereocenters. The largest absolute Gasteiger partial charge is 0.372 e. The topological polar surface area (TPSA) is 35.2 Å². The zero-order chi connectivity index (χ0) is 9.19. The standard InChI is InChI=1S/C10H21NO/c1-4-10(2,3)12-9-6-5-8(11)7-9/h8-9H,4-7,11H2,1-3H3. The van der Waals surface area contributed by atoms with Crippen LogP contribution in [0, 0.1) is 0 Å². The van der Waals surface area contributed by atoms with Crippen LogP contribution in [0.4, 0.5) is 0 Å². The highest BCUT2D eigenvalue weighted by Crippen LogP contribution is 2.26. The van der Waals surface area contributed by atoms with Crippen molar-refractivity contribution in [2.24, 2.45) is 5.73 Å². The minimum Gasteiger partial charge on any atom is -0.372 e. The Morgan fingerprint density at radius 2 is 2.08 bits per heavy atom. The Bertz CT molecular complexity index is 145. The lowest BCUT2D eigenvalue weighted by atomic mass is 10.1. The Kier molecular flexibility index (Phi) is 3.13. The first-order valence-electron chi connectivity index (χ1n) is 4.97. The summed E-state index contributed by atoms with van der Waals surface area (Å²) in [6, 6.07) is 0.377. The van der Waals surface area contributed by atoms with Gasteiger partial charge in [0.15, 0.2) is 0 Å². The van der Waals surface area contributed by atoms with Crippen molar-refractivity contribution in [3.8, 4) is 0 Å². The first-order valence-corrected chi connectivity index (χ1v) is 4.97. The Morgan fingerprint density at radius 3 is 2.50 bits per heavy atom. The fraction of sp³-hybridized carbons (Fsp3) is 1.00. The van der Waals surface area contributed by atoms with E-state index in [9.17, 15) is 0 Å². The molecule has 0 aromatic carbocycles. The van der Waals surface area contributed by atoms with Crippen molar-refractivity contribution in [3.05, 3.63) is 0 Å². The smallest absolute Gasteiger partial charge is 0.0627 e. The summed E-state index contributed by atoms with van der Waals surface area (Å²) in [7, 11) is 0. The van der Waals surface area contributed by atoms with Crippen LogP contribution in [0.15, 0.2) is 0 Å². The summed E-state index contributed by atoms with van der Waals surface area (Å²) in [6.07, 6.45) is 4.80. The van der Waals surface area contributed by atoms with Crippen molar-refractivity contribution in [2.45, 2.75) is 64.2 Å². The van der Waals surface area contributed by atoms with Crippen LogP contribution in [0.25, 0.3) is 0 Å². The normalized spacial score (nSPS) is 31.0. The predicted octanol–water partition coefficient (Wildman–Crippen LogP) is 2.07. The van der Waals surface area contributed by atoms with E-state index in [4.69, 9.17) is 10.5 Å². The molecule has 1 rings (SSSR count). The van der Waals surface area contributed by atoms with Crippen molar-refractivity contribution < 1.29 is 4.74 Å². The second kappa shape index (κ2) is 3.75. The summed E-state index contributed by atoms with van der Waals surface area (Å²) >= 11 is 0. The molecule has 2 heteroatoms. The van der Waals surface area contributed by atoms with Gasteiger partial charge in [0, 0.05) is 6.04 Å². The Labute approximate surface area is 75.5 Å². The van der Waals surface area contributed by atoms with Crippen molar-refractivity contribution >= 4 is 0 Å². The van der Waals surface area contributed by atoms with Gasteiger partial charge in [-0.05, 0) is 39.5 Å². The van der Waals surface area contributed by atoms with Gasteiger partial charge in [-0.2, -0.15) is 0 Å². The lowest BCUT2D eigenvalue weighted by Gasteiger charge is -2.27. The van der Waals surface area contributed by atoms with Crippen LogP contribution in [-0.2, 0) is 4.74 Å². The lowest BCUT2D eigenvalue weighted by Crippen LogP contribution is -2.29. The fourth-order valence-electron chi connectivity index (χ4n) is 1.61. The number of ether oxygens (including phenoxy) is 1. The van der Waals surface area contributed by atoms with Gasteiger partial charge in [-0.3, -0.25) is 0 Å². The molecule has 0 bridgehead atoms. The van der Waals surface area contributed by atoms with E-state index in [0.717, 1.165) is 25.7 Å². The summed E-state index contributed by atoms with van der Waals surface area (Å²) in [6.45, 7) is 6.46. The van der Waals surface area contributed by atoms with Gasteiger partial charge in [0.2, 0.25) is 0 Å². The Balaban J connectivity index is 2.32. The summed E-state index contributed by atoms with van der Waals surface area (Å²) in [5.41, 5.74) is 5.84. The molecular formula is C10H21NO. The number of hydrogen-bond donors (Lipinski definition) is 1. The zero-order valence-electron chi connectivity index (χ0n) is 8.47. The first kappa shape index (κ1) is 10.0. The van der Waals surface area contributed by atoms with Crippen molar-refractivity contribution in [1.29, 1.82) is 0 Å². The fourth-order valence-corrected chi connectivity index (χ4v) is 1.61. The summed E-state index contributed by atoms with van der Waals surface area (Å²) in [5.74, 6) is 0. The molecule has 2 nitrogen and oxygen atoms in total. The minimum absolute atomic E-state index is 0.0364. The van der Waals surface area contributed by atoms with Crippen LogP contribution in [-0.4, -0.2) is 17.7 Å². The molecule has 0 aromatic heterocycles. The van der Waals surface area contributed by atoms with Gasteiger partial charge in [-0.25, -0.2) is 0 Å². The van der Waals surface area contributed by atoms with Crippen LogP contribution in [0.2, 0.25) is 0 Å². The van der Waals surface area contributed by atoms with Crippen LogP contribution in [0.1, 0.15) is 46.5 Å². The highest BCUT2D eigenvalue weighted by molar-refractivity contribution is 4.81. The molecule has 0 spiro atoms. The molecule has 1 fully saturated rings. The molecular weight excluding hydrogens is 150 g/mol. The quantitative estimate of drug-likeness (QED) is 0.705. The first-order chi connectivity index (χ1) is 5.53. The van der Waals surface area contributed by atoms with Crippen LogP contribution >= 0.6 is 0 Å². The molecule has 72 valence electrons. The molecule has 1 aliphatic rings. The second-order valence-electron chi connectivity index (χ2n) is 4.43. The molecule has 0 aromatic rings. The Hall–Kier alpha value is -0.0800. The molecule has 0 amide bonds. The zero-order valence-corrected chi connectivity index (χ0v) is 8.47. The molecule has 1 saturated carbocycles. The van der Waals surface area contributed by atoms with Gasteiger partial charge in [-0.1, -0.05) is 6.92 Å². The van der Waals surface area contributed by atoms with E-state index < -0.39 is 0 Å². The maximum absolute atomic E-state index is 5.94. The number of nitrogens with two attached hydrogens (primary N) is 1. The SMILES string of the molecule is CCC(C)(C)OC1CCC(N)C1. The number of rotatable bonds is 3. The summed E-state index contributed by atoms with van der Waals surface area (Å²) in [5, 5.41) is 0. The van der Waals surface area contributed by atoms with Crippen LogP contribution in [0.3, 0.4) is 0 Å². The van der Waals surface area contributed by atoms with Gasteiger partial charge >= 0.3 is 0 Å². The monoisotopic (exact) mass is 171 g/mol. The van der Waals surface area contributed by atoms with Crippen LogP contribution in [0.5, 0.6) is 0 Å². The Morgan fingerprint density at radius 1 is 1.42 bits per heavy atom. The lowest BCUT2D eigenvalue weighted by molar-refractivity contribution is -0.0702. The summed E-state index contributed by atoms with van der Waals surface area (Å²) in [4.78, 5) is 0. The van der Waals surface area contributed by atoms with Gasteiger partial charge in [-0.15, -0.1) is 0 Å². The third-order valence-corrected chi connectivity index (χ3v) is 2.76. The van der Waals surface area contributed by atoms with Crippen molar-refractivity contribution in [2.75, 3.05) is 0 Å². The predicted molar refractivity (Wildman–Crippen MR) is 51.1 cm³/mol. The average molecular weight is 171 g/mol. The third-order valence-electron chi connectivity index (χ3n) is 2.76. The van der Waals surface area contributed by atoms with Crippen molar-refractivity contribution in [3.63, 3.8) is 0 Å². The molecule has 0 heterocycles. The highest BCUT2D eigenvalue weighted by Gasteiger charge is 2.27. The van der Waals surface area contributed by atoms with Crippen molar-refractivity contribution in [1.82, 2.24) is 0 Å². The van der Waals surface area contributed by atoms with E-state index in [0.29, 0.717) is 12.1 Å². The molecule has 2 unspecified atom stereocenters. The molecule has 0 aliphatic heterocycles. The van der Waals surface area contributed by atoms with E-state index >= 15 is 0 Å². The minimum atomic E-state index is 0.0364.